The molecule has 1 N–H and O–H groups in total. The van der Waals surface area contributed by atoms with Crippen molar-refractivity contribution >= 4 is 11.9 Å². The van der Waals surface area contributed by atoms with Crippen molar-refractivity contribution in [3.63, 3.8) is 0 Å². The van der Waals surface area contributed by atoms with Crippen LogP contribution in [0.4, 0.5) is 0 Å². The molecule has 6 heavy (non-hydrogen) atoms. The summed E-state index contributed by atoms with van der Waals surface area (Å²) >= 11 is 1.79. The third-order valence-corrected chi connectivity index (χ3v) is 1.70. The van der Waals surface area contributed by atoms with Gasteiger partial charge in [0.1, 0.15) is 0 Å². The molecule has 0 bridgehead atoms. The molecule has 35 valence electrons. The molecule has 1 rings (SSSR count). The van der Waals surface area contributed by atoms with E-state index < -0.39 is 0 Å². The number of rotatable bonds is 0. The average Bonchev–Trinajstić information content (AvgIpc) is 1.86. The zero-order chi connectivity index (χ0) is 4.41. The van der Waals surface area contributed by atoms with Gasteiger partial charge in [0.05, 0.1) is 0 Å². The molecular formula is C4H8NS. The normalized spacial score (nSPS) is 34.5. The lowest BCUT2D eigenvalue weighted by atomic mass is 10.3. The van der Waals surface area contributed by atoms with Crippen LogP contribution in [0.5, 0.6) is 0 Å². The Labute approximate surface area is 42.6 Å². The molecule has 1 fully saturated rings. The molecule has 1 atom stereocenters. The van der Waals surface area contributed by atoms with Gasteiger partial charge in [-0.25, -0.2) is 0 Å². The first-order chi connectivity index (χ1) is 2.89. The maximum atomic E-state index is 3.06. The summed E-state index contributed by atoms with van der Waals surface area (Å²) in [6, 6.07) is 0. The number of nitrogens with one attached hydrogen (secondary N) is 1. The molecule has 0 aromatic rings. The van der Waals surface area contributed by atoms with Crippen molar-refractivity contribution in [3.05, 3.63) is 6.54 Å². The molecule has 0 aliphatic carbocycles. The van der Waals surface area contributed by atoms with E-state index in [2.05, 4.69) is 18.2 Å². The van der Waals surface area contributed by atoms with Gasteiger partial charge in [0.25, 0.3) is 0 Å². The number of hydrogen-bond acceptors (Lipinski definition) is 2. The maximum Gasteiger partial charge on any atom is 0.0345 e. The fraction of sp³-hybridized carbons (Fsp3) is 0.750. The predicted molar refractivity (Wildman–Crippen MR) is 29.1 cm³/mol. The second-order valence-corrected chi connectivity index (χ2v) is 2.76. The minimum atomic E-state index is 0.796. The monoisotopic (exact) mass is 102 g/mol. The van der Waals surface area contributed by atoms with Gasteiger partial charge in [-0.15, -0.1) is 0 Å². The van der Waals surface area contributed by atoms with E-state index in [1.807, 2.05) is 0 Å². The lowest BCUT2D eigenvalue weighted by Crippen LogP contribution is -1.85. The molecular weight excluding hydrogens is 94.1 g/mol. The number of hydrogen-bond donors (Lipinski definition) is 1. The minimum absolute atomic E-state index is 0.796. The van der Waals surface area contributed by atoms with Gasteiger partial charge in [0.15, 0.2) is 0 Å². The molecule has 0 aromatic heterocycles. The highest BCUT2D eigenvalue weighted by molar-refractivity contribution is 7.98. The van der Waals surface area contributed by atoms with Gasteiger partial charge in [0, 0.05) is 11.8 Å². The van der Waals surface area contributed by atoms with Crippen molar-refractivity contribution in [1.82, 2.24) is 4.72 Å². The summed E-state index contributed by atoms with van der Waals surface area (Å²) in [5, 5.41) is 0.796. The van der Waals surface area contributed by atoms with Gasteiger partial charge in [-0.3, -0.25) is 4.72 Å². The van der Waals surface area contributed by atoms with Crippen LogP contribution in [-0.2, 0) is 0 Å². The molecule has 0 aromatic carbocycles. The zero-order valence-corrected chi connectivity index (χ0v) is 4.59. The fourth-order valence-corrected chi connectivity index (χ4v) is 1.04. The van der Waals surface area contributed by atoms with Crippen LogP contribution in [0.25, 0.3) is 0 Å². The summed E-state index contributed by atoms with van der Waals surface area (Å²) in [6.07, 6.45) is 1.21. The van der Waals surface area contributed by atoms with Crippen LogP contribution in [0.3, 0.4) is 0 Å². The lowest BCUT2D eigenvalue weighted by molar-refractivity contribution is 0.941. The van der Waals surface area contributed by atoms with Crippen LogP contribution >= 0.6 is 11.9 Å². The lowest BCUT2D eigenvalue weighted by Gasteiger charge is -1.89. The Balaban J connectivity index is 2.18. The van der Waals surface area contributed by atoms with Crippen molar-refractivity contribution in [3.8, 4) is 0 Å². The average molecular weight is 102 g/mol. The summed E-state index contributed by atoms with van der Waals surface area (Å²) in [7, 11) is 0. The van der Waals surface area contributed by atoms with Crippen molar-refractivity contribution in [2.75, 3.05) is 0 Å². The summed E-state index contributed by atoms with van der Waals surface area (Å²) in [4.78, 5) is 0. The van der Waals surface area contributed by atoms with E-state index in [1.54, 1.807) is 11.9 Å². The topological polar surface area (TPSA) is 12.0 Å². The highest BCUT2D eigenvalue weighted by Crippen LogP contribution is 2.17. The smallest absolute Gasteiger partial charge is 0.0345 e. The molecule has 1 heterocycles. The Bertz CT molecular complexity index is 40.8. The molecule has 1 saturated heterocycles. The molecule has 1 aliphatic heterocycles. The summed E-state index contributed by atoms with van der Waals surface area (Å²) in [6.45, 7) is 4.30. The molecule has 0 saturated carbocycles. The summed E-state index contributed by atoms with van der Waals surface area (Å²) in [5.74, 6) is 0. The maximum absolute atomic E-state index is 3.06. The summed E-state index contributed by atoms with van der Waals surface area (Å²) in [5.41, 5.74) is 0. The Morgan fingerprint density at radius 1 is 2.00 bits per heavy atom. The van der Waals surface area contributed by atoms with E-state index in [-0.39, 0.29) is 0 Å². The molecule has 0 spiro atoms. The van der Waals surface area contributed by atoms with Gasteiger partial charge in [0.2, 0.25) is 0 Å². The van der Waals surface area contributed by atoms with E-state index >= 15 is 0 Å². The van der Waals surface area contributed by atoms with Gasteiger partial charge >= 0.3 is 0 Å². The standard InChI is InChI=1S/C4H8NS/c1-4-2-3-5-6-4/h3-5H,2H2,1H3. The van der Waals surface area contributed by atoms with E-state index in [1.165, 1.54) is 6.42 Å². The van der Waals surface area contributed by atoms with Crippen LogP contribution in [0, 0.1) is 6.54 Å². The van der Waals surface area contributed by atoms with E-state index in [0.29, 0.717) is 0 Å². The predicted octanol–water partition coefficient (Wildman–Crippen LogP) is 1.18. The molecule has 1 aliphatic rings. The van der Waals surface area contributed by atoms with Gasteiger partial charge < -0.3 is 0 Å². The van der Waals surface area contributed by atoms with Crippen LogP contribution in [0.1, 0.15) is 13.3 Å². The van der Waals surface area contributed by atoms with E-state index in [4.69, 9.17) is 0 Å². The van der Waals surface area contributed by atoms with Gasteiger partial charge in [-0.05, 0) is 6.42 Å². The quantitative estimate of drug-likeness (QED) is 0.461. The third-order valence-electron chi connectivity index (χ3n) is 0.802. The van der Waals surface area contributed by atoms with Crippen LogP contribution in [0.2, 0.25) is 0 Å². The molecule has 1 nitrogen and oxygen atoms in total. The van der Waals surface area contributed by atoms with Crippen molar-refractivity contribution in [2.24, 2.45) is 0 Å². The first-order valence-electron chi connectivity index (χ1n) is 2.12. The molecule has 2 heteroatoms. The van der Waals surface area contributed by atoms with Gasteiger partial charge in [-0.2, -0.15) is 0 Å². The van der Waals surface area contributed by atoms with E-state index in [0.717, 1.165) is 5.25 Å². The molecule has 1 unspecified atom stereocenters. The zero-order valence-electron chi connectivity index (χ0n) is 3.77. The van der Waals surface area contributed by atoms with Crippen LogP contribution < -0.4 is 4.72 Å². The van der Waals surface area contributed by atoms with Crippen molar-refractivity contribution in [2.45, 2.75) is 18.6 Å². The van der Waals surface area contributed by atoms with Crippen molar-refractivity contribution < 1.29 is 0 Å². The fourth-order valence-electron chi connectivity index (χ4n) is 0.426. The van der Waals surface area contributed by atoms with Crippen LogP contribution in [0.15, 0.2) is 0 Å². The SMILES string of the molecule is CC1C[CH]NS1. The first-order valence-corrected chi connectivity index (χ1v) is 3.00. The largest absolute Gasteiger partial charge is 0.259 e. The third kappa shape index (κ3) is 0.884. The Morgan fingerprint density at radius 2 is 2.83 bits per heavy atom. The first kappa shape index (κ1) is 4.47. The highest BCUT2D eigenvalue weighted by Gasteiger charge is 2.07. The Morgan fingerprint density at radius 3 is 3.00 bits per heavy atom. The second kappa shape index (κ2) is 1.85. The minimum Gasteiger partial charge on any atom is -0.259 e. The molecule has 0 amide bonds. The second-order valence-electron chi connectivity index (χ2n) is 1.49. The van der Waals surface area contributed by atoms with E-state index in [9.17, 15) is 0 Å². The summed E-state index contributed by atoms with van der Waals surface area (Å²) < 4.78 is 3.06. The highest BCUT2D eigenvalue weighted by atomic mass is 32.2. The Kier molecular flexibility index (Phi) is 1.37. The van der Waals surface area contributed by atoms with Crippen molar-refractivity contribution in [1.29, 1.82) is 0 Å². The molecule has 1 radical (unpaired) electrons. The van der Waals surface area contributed by atoms with Crippen LogP contribution in [-0.4, -0.2) is 5.25 Å². The van der Waals surface area contributed by atoms with Gasteiger partial charge in [-0.1, -0.05) is 18.9 Å². The Hall–Kier alpha value is 0.310.